The molecule has 0 amide bonds. The van der Waals surface area contributed by atoms with E-state index in [1.165, 1.54) is 16.8 Å². The molecule has 0 aliphatic carbocycles. The Hall–Kier alpha value is -1.02. The molecular formula is C13H22N2. The lowest BCUT2D eigenvalue weighted by Gasteiger charge is -2.14. The Labute approximate surface area is 92.9 Å². The predicted octanol–water partition coefficient (Wildman–Crippen LogP) is 2.70. The third-order valence-electron chi connectivity index (χ3n) is 2.69. The molecule has 0 radical (unpaired) electrons. The summed E-state index contributed by atoms with van der Waals surface area (Å²) in [4.78, 5) is 0. The van der Waals surface area contributed by atoms with Crippen molar-refractivity contribution in [3.05, 3.63) is 29.3 Å². The van der Waals surface area contributed by atoms with E-state index in [0.717, 1.165) is 19.5 Å². The third-order valence-corrected chi connectivity index (χ3v) is 2.69. The lowest BCUT2D eigenvalue weighted by molar-refractivity contribution is 0.568. The van der Waals surface area contributed by atoms with Gasteiger partial charge in [-0.05, 0) is 49.9 Å². The van der Waals surface area contributed by atoms with Gasteiger partial charge in [-0.15, -0.1) is 0 Å². The number of benzene rings is 1. The van der Waals surface area contributed by atoms with E-state index in [0.29, 0.717) is 5.92 Å². The first-order valence-corrected chi connectivity index (χ1v) is 5.64. The van der Waals surface area contributed by atoms with Crippen molar-refractivity contribution in [2.75, 3.05) is 18.4 Å². The molecular weight excluding hydrogens is 184 g/mol. The predicted molar refractivity (Wildman–Crippen MR) is 67.2 cm³/mol. The van der Waals surface area contributed by atoms with Gasteiger partial charge in [0.1, 0.15) is 0 Å². The average Bonchev–Trinajstić information content (AvgIpc) is 2.20. The molecule has 0 aromatic heterocycles. The minimum Gasteiger partial charge on any atom is -0.385 e. The summed E-state index contributed by atoms with van der Waals surface area (Å²) in [5.41, 5.74) is 9.38. The lowest BCUT2D eigenvalue weighted by Crippen LogP contribution is -2.15. The summed E-state index contributed by atoms with van der Waals surface area (Å²) in [5.74, 6) is 0.634. The molecule has 2 nitrogen and oxygen atoms in total. The number of nitrogens with one attached hydrogen (secondary N) is 1. The van der Waals surface area contributed by atoms with Gasteiger partial charge in [0.15, 0.2) is 0 Å². The lowest BCUT2D eigenvalue weighted by atomic mass is 10.1. The first-order valence-electron chi connectivity index (χ1n) is 5.64. The number of nitrogens with two attached hydrogens (primary N) is 1. The Morgan fingerprint density at radius 1 is 1.33 bits per heavy atom. The second-order valence-electron chi connectivity index (χ2n) is 4.38. The molecule has 2 heteroatoms. The van der Waals surface area contributed by atoms with E-state index in [2.05, 4.69) is 44.3 Å². The highest BCUT2D eigenvalue weighted by Gasteiger charge is 2.02. The highest BCUT2D eigenvalue weighted by atomic mass is 14.9. The van der Waals surface area contributed by atoms with Crippen molar-refractivity contribution < 1.29 is 0 Å². The molecule has 0 bridgehead atoms. The molecule has 0 spiro atoms. The number of rotatable bonds is 5. The molecule has 1 aromatic rings. The second kappa shape index (κ2) is 5.76. The fourth-order valence-electron chi connectivity index (χ4n) is 1.60. The summed E-state index contributed by atoms with van der Waals surface area (Å²) < 4.78 is 0. The topological polar surface area (TPSA) is 38.0 Å². The molecule has 15 heavy (non-hydrogen) atoms. The molecule has 84 valence electrons. The number of aryl methyl sites for hydroxylation is 2. The molecule has 3 N–H and O–H groups in total. The van der Waals surface area contributed by atoms with Gasteiger partial charge in [0.2, 0.25) is 0 Å². The Balaban J connectivity index is 2.53. The molecule has 1 aromatic carbocycles. The van der Waals surface area contributed by atoms with Gasteiger partial charge in [0.05, 0.1) is 0 Å². The normalized spacial score (nSPS) is 12.5. The Kier molecular flexibility index (Phi) is 4.63. The number of hydrogen-bond acceptors (Lipinski definition) is 2. The van der Waals surface area contributed by atoms with E-state index in [1.54, 1.807) is 0 Å². The van der Waals surface area contributed by atoms with Crippen molar-refractivity contribution in [1.29, 1.82) is 0 Å². The molecule has 0 saturated carbocycles. The van der Waals surface area contributed by atoms with Crippen molar-refractivity contribution in [2.45, 2.75) is 27.2 Å². The zero-order valence-corrected chi connectivity index (χ0v) is 10.0. The molecule has 0 aliphatic heterocycles. The van der Waals surface area contributed by atoms with Crippen LogP contribution in [0.5, 0.6) is 0 Å². The van der Waals surface area contributed by atoms with Crippen molar-refractivity contribution >= 4 is 5.69 Å². The quantitative estimate of drug-likeness (QED) is 0.777. The van der Waals surface area contributed by atoms with Crippen LogP contribution in [-0.4, -0.2) is 13.1 Å². The average molecular weight is 206 g/mol. The first kappa shape index (κ1) is 12.1. The minimum absolute atomic E-state index is 0.634. The van der Waals surface area contributed by atoms with Gasteiger partial charge in [-0.1, -0.05) is 19.1 Å². The molecule has 0 saturated heterocycles. The maximum absolute atomic E-state index is 5.52. The highest BCUT2D eigenvalue weighted by Crippen LogP contribution is 2.16. The summed E-state index contributed by atoms with van der Waals surface area (Å²) in [5, 5.41) is 3.48. The summed E-state index contributed by atoms with van der Waals surface area (Å²) in [6, 6.07) is 6.50. The summed E-state index contributed by atoms with van der Waals surface area (Å²) in [6.07, 6.45) is 1.08. The van der Waals surface area contributed by atoms with Crippen LogP contribution in [0.2, 0.25) is 0 Å². The first-order chi connectivity index (χ1) is 7.13. The van der Waals surface area contributed by atoms with Gasteiger partial charge in [0.25, 0.3) is 0 Å². The summed E-state index contributed by atoms with van der Waals surface area (Å²) in [7, 11) is 0. The van der Waals surface area contributed by atoms with Crippen LogP contribution < -0.4 is 11.1 Å². The Bertz CT molecular complexity index is 307. The van der Waals surface area contributed by atoms with Crippen LogP contribution in [0.25, 0.3) is 0 Å². The van der Waals surface area contributed by atoms with Crippen LogP contribution in [-0.2, 0) is 0 Å². The van der Waals surface area contributed by atoms with Gasteiger partial charge in [0, 0.05) is 12.2 Å². The van der Waals surface area contributed by atoms with Crippen LogP contribution >= 0.6 is 0 Å². The Morgan fingerprint density at radius 3 is 2.73 bits per heavy atom. The van der Waals surface area contributed by atoms with Crippen molar-refractivity contribution in [3.8, 4) is 0 Å². The van der Waals surface area contributed by atoms with Gasteiger partial charge < -0.3 is 11.1 Å². The Morgan fingerprint density at radius 2 is 2.07 bits per heavy atom. The van der Waals surface area contributed by atoms with Crippen molar-refractivity contribution in [2.24, 2.45) is 11.7 Å². The van der Waals surface area contributed by atoms with Crippen molar-refractivity contribution in [1.82, 2.24) is 0 Å². The SMILES string of the molecule is Cc1ccc(C)c(NCC(C)CCN)c1. The standard InChI is InChI=1S/C13H22N2/c1-10-4-5-12(3)13(8-10)15-9-11(2)6-7-14/h4-5,8,11,15H,6-7,9,14H2,1-3H3. The second-order valence-corrected chi connectivity index (χ2v) is 4.38. The van der Waals surface area contributed by atoms with Crippen LogP contribution in [0.1, 0.15) is 24.5 Å². The molecule has 0 fully saturated rings. The molecule has 1 atom stereocenters. The smallest absolute Gasteiger partial charge is 0.0372 e. The summed E-state index contributed by atoms with van der Waals surface area (Å²) >= 11 is 0. The van der Waals surface area contributed by atoms with Crippen LogP contribution in [0.3, 0.4) is 0 Å². The molecule has 0 aliphatic rings. The molecule has 1 unspecified atom stereocenters. The highest BCUT2D eigenvalue weighted by molar-refractivity contribution is 5.52. The minimum atomic E-state index is 0.634. The van der Waals surface area contributed by atoms with Crippen LogP contribution in [0.4, 0.5) is 5.69 Å². The van der Waals surface area contributed by atoms with E-state index in [-0.39, 0.29) is 0 Å². The van der Waals surface area contributed by atoms with Gasteiger partial charge in [-0.25, -0.2) is 0 Å². The van der Waals surface area contributed by atoms with Gasteiger partial charge in [-0.2, -0.15) is 0 Å². The summed E-state index contributed by atoms with van der Waals surface area (Å²) in [6.45, 7) is 8.26. The monoisotopic (exact) mass is 206 g/mol. The van der Waals surface area contributed by atoms with Crippen molar-refractivity contribution in [3.63, 3.8) is 0 Å². The third kappa shape index (κ3) is 3.92. The van der Waals surface area contributed by atoms with E-state index >= 15 is 0 Å². The maximum atomic E-state index is 5.52. The van der Waals surface area contributed by atoms with Crippen LogP contribution in [0.15, 0.2) is 18.2 Å². The molecule has 0 heterocycles. The fraction of sp³-hybridized carbons (Fsp3) is 0.538. The molecule has 1 rings (SSSR count). The zero-order chi connectivity index (χ0) is 11.3. The van der Waals surface area contributed by atoms with E-state index in [4.69, 9.17) is 5.73 Å². The van der Waals surface area contributed by atoms with Gasteiger partial charge >= 0.3 is 0 Å². The van der Waals surface area contributed by atoms with E-state index in [9.17, 15) is 0 Å². The van der Waals surface area contributed by atoms with Gasteiger partial charge in [-0.3, -0.25) is 0 Å². The number of anilines is 1. The fourth-order valence-corrected chi connectivity index (χ4v) is 1.60. The van der Waals surface area contributed by atoms with E-state index in [1.807, 2.05) is 0 Å². The number of hydrogen-bond donors (Lipinski definition) is 2. The zero-order valence-electron chi connectivity index (χ0n) is 10.0. The largest absolute Gasteiger partial charge is 0.385 e. The van der Waals surface area contributed by atoms with E-state index < -0.39 is 0 Å². The maximum Gasteiger partial charge on any atom is 0.0372 e. The van der Waals surface area contributed by atoms with Crippen LogP contribution in [0, 0.1) is 19.8 Å².